The van der Waals surface area contributed by atoms with Gasteiger partial charge in [0.1, 0.15) is 0 Å². The summed E-state index contributed by atoms with van der Waals surface area (Å²) in [4.78, 5) is 19.9. The Labute approximate surface area is 152 Å². The highest BCUT2D eigenvalue weighted by molar-refractivity contribution is 7.15. The van der Waals surface area contributed by atoms with E-state index in [9.17, 15) is 4.79 Å². The van der Waals surface area contributed by atoms with Crippen LogP contribution < -0.4 is 5.32 Å². The molecule has 0 aliphatic heterocycles. The number of thiazole rings is 1. The fraction of sp³-hybridized carbons (Fsp3) is 0.368. The van der Waals surface area contributed by atoms with Crippen LogP contribution in [-0.2, 0) is 11.2 Å². The second kappa shape index (κ2) is 7.80. The van der Waals surface area contributed by atoms with Crippen molar-refractivity contribution >= 4 is 22.2 Å². The Morgan fingerprint density at radius 3 is 2.76 bits per heavy atom. The zero-order valence-corrected chi connectivity index (χ0v) is 15.8. The minimum Gasteiger partial charge on any atom is -0.356 e. The maximum Gasteiger partial charge on any atom is 0.225 e. The Morgan fingerprint density at radius 2 is 2.04 bits per heavy atom. The predicted molar refractivity (Wildman–Crippen MR) is 103 cm³/mol. The van der Waals surface area contributed by atoms with E-state index in [1.165, 1.54) is 5.56 Å². The van der Waals surface area contributed by atoms with E-state index in [-0.39, 0.29) is 5.91 Å². The van der Waals surface area contributed by atoms with Crippen LogP contribution in [0.4, 0.5) is 0 Å². The highest BCUT2D eigenvalue weighted by atomic mass is 32.1. The lowest BCUT2D eigenvalue weighted by Crippen LogP contribution is -2.28. The minimum absolute atomic E-state index is 0.0593. The first-order valence-corrected chi connectivity index (χ1v) is 9.35. The van der Waals surface area contributed by atoms with Crippen LogP contribution in [0.15, 0.2) is 35.8 Å². The van der Waals surface area contributed by atoms with Gasteiger partial charge in [-0.2, -0.15) is 0 Å². The second-order valence-corrected chi connectivity index (χ2v) is 7.39. The molecular weight excluding hydrogens is 332 g/mol. The van der Waals surface area contributed by atoms with E-state index in [0.717, 1.165) is 34.9 Å². The van der Waals surface area contributed by atoms with Crippen LogP contribution in [0.2, 0.25) is 0 Å². The van der Waals surface area contributed by atoms with Crippen molar-refractivity contribution in [3.05, 3.63) is 47.1 Å². The molecule has 0 saturated heterocycles. The van der Waals surface area contributed by atoms with Crippen molar-refractivity contribution in [1.29, 1.82) is 0 Å². The molecule has 1 aromatic carbocycles. The fourth-order valence-electron chi connectivity index (χ4n) is 2.67. The number of carbonyl (C=O) groups is 1. The molecule has 0 aliphatic rings. The van der Waals surface area contributed by atoms with Crippen LogP contribution in [-0.4, -0.2) is 47.4 Å². The van der Waals surface area contributed by atoms with Crippen LogP contribution in [0.3, 0.4) is 0 Å². The summed E-state index contributed by atoms with van der Waals surface area (Å²) >= 11 is 1.57. The molecule has 0 atom stereocenters. The van der Waals surface area contributed by atoms with Crippen molar-refractivity contribution in [2.75, 3.05) is 27.2 Å². The van der Waals surface area contributed by atoms with E-state index in [4.69, 9.17) is 0 Å². The SMILES string of the molecule is Cc1ccc(-c2cn3c(CC(=O)NCCCN(C)C)csc3n2)cc1. The zero-order chi connectivity index (χ0) is 17.8. The number of rotatable bonds is 7. The number of aromatic nitrogens is 2. The van der Waals surface area contributed by atoms with Gasteiger partial charge in [0.2, 0.25) is 5.91 Å². The highest BCUT2D eigenvalue weighted by Crippen LogP contribution is 2.24. The van der Waals surface area contributed by atoms with Crippen LogP contribution in [0.5, 0.6) is 0 Å². The van der Waals surface area contributed by atoms with Crippen LogP contribution >= 0.6 is 11.3 Å². The van der Waals surface area contributed by atoms with E-state index in [0.29, 0.717) is 13.0 Å². The molecule has 1 N–H and O–H groups in total. The first-order chi connectivity index (χ1) is 12.0. The van der Waals surface area contributed by atoms with Crippen molar-refractivity contribution in [2.24, 2.45) is 0 Å². The summed E-state index contributed by atoms with van der Waals surface area (Å²) in [6.07, 6.45) is 3.36. The van der Waals surface area contributed by atoms with E-state index >= 15 is 0 Å². The molecule has 5 nitrogen and oxygen atoms in total. The summed E-state index contributed by atoms with van der Waals surface area (Å²) in [7, 11) is 4.07. The van der Waals surface area contributed by atoms with Crippen molar-refractivity contribution in [2.45, 2.75) is 19.8 Å². The number of aryl methyl sites for hydroxylation is 1. The van der Waals surface area contributed by atoms with Crippen molar-refractivity contribution < 1.29 is 4.79 Å². The first-order valence-electron chi connectivity index (χ1n) is 8.47. The molecule has 0 unspecified atom stereocenters. The van der Waals surface area contributed by atoms with Crippen LogP contribution in [0, 0.1) is 6.92 Å². The maximum atomic E-state index is 12.2. The lowest BCUT2D eigenvalue weighted by molar-refractivity contribution is -0.120. The number of imidazole rings is 1. The molecule has 3 aromatic rings. The molecule has 2 aromatic heterocycles. The molecule has 0 aliphatic carbocycles. The van der Waals surface area contributed by atoms with Crippen molar-refractivity contribution in [3.8, 4) is 11.3 Å². The van der Waals surface area contributed by atoms with Gasteiger partial charge in [-0.3, -0.25) is 9.20 Å². The normalized spacial score (nSPS) is 11.4. The number of nitrogens with zero attached hydrogens (tertiary/aromatic N) is 3. The smallest absolute Gasteiger partial charge is 0.225 e. The molecular formula is C19H24N4OS. The topological polar surface area (TPSA) is 49.6 Å². The minimum atomic E-state index is 0.0593. The standard InChI is InChI=1S/C19H24N4OS/c1-14-5-7-15(8-6-14)17-12-23-16(13-25-19(23)21-17)11-18(24)20-9-4-10-22(2)3/h5-8,12-13H,4,9-11H2,1-3H3,(H,20,24). The van der Waals surface area contributed by atoms with Gasteiger partial charge in [-0.25, -0.2) is 4.98 Å². The number of nitrogens with one attached hydrogen (secondary N) is 1. The van der Waals surface area contributed by atoms with Crippen molar-refractivity contribution in [1.82, 2.24) is 19.6 Å². The van der Waals surface area contributed by atoms with Gasteiger partial charge in [0.25, 0.3) is 0 Å². The molecule has 25 heavy (non-hydrogen) atoms. The highest BCUT2D eigenvalue weighted by Gasteiger charge is 2.12. The zero-order valence-electron chi connectivity index (χ0n) is 15.0. The number of hydrogen-bond acceptors (Lipinski definition) is 4. The number of hydrogen-bond donors (Lipinski definition) is 1. The number of fused-ring (bicyclic) bond motifs is 1. The van der Waals surface area contributed by atoms with Gasteiger partial charge in [0.15, 0.2) is 4.96 Å². The molecule has 132 valence electrons. The lowest BCUT2D eigenvalue weighted by atomic mass is 10.1. The van der Waals surface area contributed by atoms with E-state index in [1.807, 2.05) is 30.1 Å². The Morgan fingerprint density at radius 1 is 1.28 bits per heavy atom. The Balaban J connectivity index is 1.66. The molecule has 0 saturated carbocycles. The second-order valence-electron chi connectivity index (χ2n) is 6.56. The molecule has 0 fully saturated rings. The largest absolute Gasteiger partial charge is 0.356 e. The first kappa shape index (κ1) is 17.6. The molecule has 0 radical (unpaired) electrons. The van der Waals surface area contributed by atoms with Crippen LogP contribution in [0.25, 0.3) is 16.2 Å². The quantitative estimate of drug-likeness (QED) is 0.662. The maximum absolute atomic E-state index is 12.2. The van der Waals surface area contributed by atoms with E-state index in [1.54, 1.807) is 11.3 Å². The Bertz CT molecular complexity index is 848. The van der Waals surface area contributed by atoms with E-state index in [2.05, 4.69) is 46.4 Å². The summed E-state index contributed by atoms with van der Waals surface area (Å²) in [6.45, 7) is 3.76. The summed E-state index contributed by atoms with van der Waals surface area (Å²) in [5.74, 6) is 0.0593. The summed E-state index contributed by atoms with van der Waals surface area (Å²) < 4.78 is 2.03. The summed E-state index contributed by atoms with van der Waals surface area (Å²) in [6, 6.07) is 8.34. The van der Waals surface area contributed by atoms with E-state index < -0.39 is 0 Å². The molecule has 1 amide bonds. The summed E-state index contributed by atoms with van der Waals surface area (Å²) in [5, 5.41) is 5.01. The monoisotopic (exact) mass is 356 g/mol. The molecule has 0 spiro atoms. The van der Waals surface area contributed by atoms with Gasteiger partial charge >= 0.3 is 0 Å². The van der Waals surface area contributed by atoms with Gasteiger partial charge in [-0.15, -0.1) is 11.3 Å². The number of benzene rings is 1. The van der Waals surface area contributed by atoms with Gasteiger partial charge in [0, 0.05) is 29.4 Å². The molecule has 2 heterocycles. The number of carbonyl (C=O) groups excluding carboxylic acids is 1. The number of amides is 1. The third kappa shape index (κ3) is 4.46. The van der Waals surface area contributed by atoms with Crippen LogP contribution in [0.1, 0.15) is 17.7 Å². The molecule has 6 heteroatoms. The van der Waals surface area contributed by atoms with Gasteiger partial charge in [-0.05, 0) is 34.0 Å². The average molecular weight is 356 g/mol. The van der Waals surface area contributed by atoms with Gasteiger partial charge in [0.05, 0.1) is 12.1 Å². The Kier molecular flexibility index (Phi) is 5.50. The molecule has 0 bridgehead atoms. The van der Waals surface area contributed by atoms with Gasteiger partial charge < -0.3 is 10.2 Å². The lowest BCUT2D eigenvalue weighted by Gasteiger charge is -2.09. The fourth-order valence-corrected chi connectivity index (χ4v) is 3.54. The van der Waals surface area contributed by atoms with Crippen molar-refractivity contribution in [3.63, 3.8) is 0 Å². The molecule has 3 rings (SSSR count). The van der Waals surface area contributed by atoms with Gasteiger partial charge in [-0.1, -0.05) is 29.8 Å². The Hall–Kier alpha value is -2.18. The third-order valence-electron chi connectivity index (χ3n) is 4.08. The average Bonchev–Trinajstić information content (AvgIpc) is 3.14. The summed E-state index contributed by atoms with van der Waals surface area (Å²) in [5.41, 5.74) is 4.26. The predicted octanol–water partition coefficient (Wildman–Crippen LogP) is 2.98. The third-order valence-corrected chi connectivity index (χ3v) is 4.97.